The molecule has 0 saturated carbocycles. The Morgan fingerprint density at radius 2 is 2.00 bits per heavy atom. The van der Waals surface area contributed by atoms with Gasteiger partial charge in [-0.2, -0.15) is 0 Å². The number of ether oxygens (including phenoxy) is 1. The second-order valence-electron chi connectivity index (χ2n) is 8.63. The predicted molar refractivity (Wildman–Crippen MR) is 115 cm³/mol. The Labute approximate surface area is 168 Å². The van der Waals surface area contributed by atoms with E-state index < -0.39 is 0 Å². The molecular weight excluding hydrogens is 358 g/mol. The lowest BCUT2D eigenvalue weighted by atomic mass is 9.98. The molecular formula is C20H37N5OS. The molecule has 27 heavy (non-hydrogen) atoms. The minimum absolute atomic E-state index is 0.102. The molecule has 0 amide bonds. The normalized spacial score (nSPS) is 18.0. The maximum absolute atomic E-state index is 5.51. The Morgan fingerprint density at radius 1 is 1.30 bits per heavy atom. The molecule has 2 N–H and O–H groups in total. The Kier molecular flexibility index (Phi) is 8.51. The van der Waals surface area contributed by atoms with Crippen molar-refractivity contribution in [2.75, 3.05) is 39.9 Å². The van der Waals surface area contributed by atoms with Gasteiger partial charge in [0.2, 0.25) is 0 Å². The number of morpholine rings is 1. The van der Waals surface area contributed by atoms with Crippen LogP contribution in [0, 0.1) is 5.92 Å². The molecule has 2 heterocycles. The summed E-state index contributed by atoms with van der Waals surface area (Å²) in [5.74, 6) is 1.50. The summed E-state index contributed by atoms with van der Waals surface area (Å²) in [7, 11) is 1.82. The van der Waals surface area contributed by atoms with Crippen molar-refractivity contribution in [2.45, 2.75) is 59.0 Å². The van der Waals surface area contributed by atoms with Crippen molar-refractivity contribution in [1.29, 1.82) is 0 Å². The standard InChI is InChI=1S/C20H37N5OS/c1-15(2)11-17(25-7-9-26-10-8-25)13-23-19(21-6)22-12-16-14-27-18(24-16)20(3,4)5/h14-15,17H,7-13H2,1-6H3,(H2,21,22,23). The highest BCUT2D eigenvalue weighted by molar-refractivity contribution is 7.09. The summed E-state index contributed by atoms with van der Waals surface area (Å²) in [6.45, 7) is 16.5. The third-order valence-electron chi connectivity index (χ3n) is 4.66. The van der Waals surface area contributed by atoms with E-state index in [1.807, 2.05) is 7.05 Å². The van der Waals surface area contributed by atoms with Gasteiger partial charge < -0.3 is 15.4 Å². The van der Waals surface area contributed by atoms with Gasteiger partial charge >= 0.3 is 0 Å². The number of aromatic nitrogens is 1. The number of guanidine groups is 1. The van der Waals surface area contributed by atoms with Gasteiger partial charge in [0.15, 0.2) is 5.96 Å². The smallest absolute Gasteiger partial charge is 0.191 e. The van der Waals surface area contributed by atoms with E-state index in [1.165, 1.54) is 11.4 Å². The third-order valence-corrected chi connectivity index (χ3v) is 5.98. The molecule has 0 aliphatic carbocycles. The van der Waals surface area contributed by atoms with E-state index in [2.05, 4.69) is 60.5 Å². The van der Waals surface area contributed by atoms with E-state index in [0.29, 0.717) is 18.5 Å². The molecule has 1 aromatic heterocycles. The summed E-state index contributed by atoms with van der Waals surface area (Å²) in [6.07, 6.45) is 1.17. The molecule has 1 saturated heterocycles. The summed E-state index contributed by atoms with van der Waals surface area (Å²) < 4.78 is 5.51. The molecule has 7 heteroatoms. The molecule has 0 aromatic carbocycles. The number of hydrogen-bond donors (Lipinski definition) is 2. The first-order chi connectivity index (χ1) is 12.8. The summed E-state index contributed by atoms with van der Waals surface area (Å²) in [5, 5.41) is 10.2. The molecule has 1 unspecified atom stereocenters. The van der Waals surface area contributed by atoms with Crippen molar-refractivity contribution in [2.24, 2.45) is 10.9 Å². The molecule has 154 valence electrons. The van der Waals surface area contributed by atoms with Crippen LogP contribution < -0.4 is 10.6 Å². The molecule has 1 aliphatic rings. The van der Waals surface area contributed by atoms with Crippen molar-refractivity contribution in [3.63, 3.8) is 0 Å². The van der Waals surface area contributed by atoms with E-state index in [-0.39, 0.29) is 5.41 Å². The summed E-state index contributed by atoms with van der Waals surface area (Å²) in [6, 6.07) is 0.499. The van der Waals surface area contributed by atoms with Crippen LogP contribution in [0.15, 0.2) is 10.4 Å². The molecule has 2 rings (SSSR count). The molecule has 6 nitrogen and oxygen atoms in total. The summed E-state index contributed by atoms with van der Waals surface area (Å²) in [4.78, 5) is 11.7. The first-order valence-electron chi connectivity index (χ1n) is 10.0. The molecule has 0 bridgehead atoms. The fraction of sp³-hybridized carbons (Fsp3) is 0.800. The van der Waals surface area contributed by atoms with Gasteiger partial charge in [0.1, 0.15) is 0 Å². The number of nitrogens with zero attached hydrogens (tertiary/aromatic N) is 3. The van der Waals surface area contributed by atoms with Gasteiger partial charge in [0.05, 0.1) is 30.5 Å². The highest BCUT2D eigenvalue weighted by Gasteiger charge is 2.22. The van der Waals surface area contributed by atoms with Gasteiger partial charge in [-0.15, -0.1) is 11.3 Å². The number of thiazole rings is 1. The van der Waals surface area contributed by atoms with Crippen molar-refractivity contribution >= 4 is 17.3 Å². The van der Waals surface area contributed by atoms with Crippen LogP contribution in [0.25, 0.3) is 0 Å². The van der Waals surface area contributed by atoms with Gasteiger partial charge in [-0.1, -0.05) is 34.6 Å². The first-order valence-corrected chi connectivity index (χ1v) is 10.9. The van der Waals surface area contributed by atoms with E-state index in [1.54, 1.807) is 11.3 Å². The van der Waals surface area contributed by atoms with Gasteiger partial charge in [-0.3, -0.25) is 9.89 Å². The zero-order valence-electron chi connectivity index (χ0n) is 17.8. The number of aliphatic imine (C=N–C) groups is 1. The van der Waals surface area contributed by atoms with E-state index in [0.717, 1.165) is 44.5 Å². The minimum Gasteiger partial charge on any atom is -0.379 e. The minimum atomic E-state index is 0.102. The van der Waals surface area contributed by atoms with Crippen molar-refractivity contribution in [1.82, 2.24) is 20.5 Å². The van der Waals surface area contributed by atoms with Crippen molar-refractivity contribution < 1.29 is 4.74 Å². The maximum Gasteiger partial charge on any atom is 0.191 e. The third kappa shape index (κ3) is 7.39. The Hall–Kier alpha value is -1.18. The lowest BCUT2D eigenvalue weighted by Gasteiger charge is -2.35. The zero-order chi connectivity index (χ0) is 19.9. The monoisotopic (exact) mass is 395 g/mol. The predicted octanol–water partition coefficient (Wildman–Crippen LogP) is 2.85. The molecule has 1 atom stereocenters. The van der Waals surface area contributed by atoms with Crippen LogP contribution in [0.4, 0.5) is 0 Å². The molecule has 0 spiro atoms. The van der Waals surface area contributed by atoms with Gasteiger partial charge in [0, 0.05) is 43.5 Å². The Bertz CT molecular complexity index is 587. The van der Waals surface area contributed by atoms with Crippen LogP contribution in [0.2, 0.25) is 0 Å². The highest BCUT2D eigenvalue weighted by Crippen LogP contribution is 2.25. The van der Waals surface area contributed by atoms with Crippen LogP contribution in [-0.4, -0.2) is 61.8 Å². The molecule has 0 radical (unpaired) electrons. The van der Waals surface area contributed by atoms with E-state index in [4.69, 9.17) is 9.72 Å². The van der Waals surface area contributed by atoms with Gasteiger partial charge in [0.25, 0.3) is 0 Å². The van der Waals surface area contributed by atoms with Crippen LogP contribution in [0.1, 0.15) is 51.7 Å². The second-order valence-corrected chi connectivity index (χ2v) is 9.49. The van der Waals surface area contributed by atoms with Crippen LogP contribution in [0.3, 0.4) is 0 Å². The van der Waals surface area contributed by atoms with E-state index in [9.17, 15) is 0 Å². The quantitative estimate of drug-likeness (QED) is 0.549. The number of rotatable bonds is 7. The zero-order valence-corrected chi connectivity index (χ0v) is 18.7. The average Bonchev–Trinajstić information content (AvgIpc) is 3.10. The largest absolute Gasteiger partial charge is 0.379 e. The van der Waals surface area contributed by atoms with E-state index >= 15 is 0 Å². The number of nitrogens with one attached hydrogen (secondary N) is 2. The van der Waals surface area contributed by atoms with Gasteiger partial charge in [-0.25, -0.2) is 4.98 Å². The fourth-order valence-corrected chi connectivity index (χ4v) is 4.10. The van der Waals surface area contributed by atoms with Gasteiger partial charge in [-0.05, 0) is 12.3 Å². The Morgan fingerprint density at radius 3 is 2.56 bits per heavy atom. The second kappa shape index (κ2) is 10.4. The number of hydrogen-bond acceptors (Lipinski definition) is 5. The molecule has 1 aromatic rings. The summed E-state index contributed by atoms with van der Waals surface area (Å²) >= 11 is 1.73. The maximum atomic E-state index is 5.51. The lowest BCUT2D eigenvalue weighted by molar-refractivity contribution is 0.0132. The van der Waals surface area contributed by atoms with Crippen LogP contribution >= 0.6 is 11.3 Å². The topological polar surface area (TPSA) is 61.8 Å². The SMILES string of the molecule is CN=C(NCc1csc(C(C)(C)C)n1)NCC(CC(C)C)N1CCOCC1. The average molecular weight is 396 g/mol. The highest BCUT2D eigenvalue weighted by atomic mass is 32.1. The molecule has 1 fully saturated rings. The van der Waals surface area contributed by atoms with Crippen LogP contribution in [-0.2, 0) is 16.7 Å². The summed E-state index contributed by atoms with van der Waals surface area (Å²) in [5.41, 5.74) is 1.17. The lowest BCUT2D eigenvalue weighted by Crippen LogP contribution is -2.51. The Balaban J connectivity index is 1.86. The van der Waals surface area contributed by atoms with Crippen LogP contribution in [0.5, 0.6) is 0 Å². The molecule has 1 aliphatic heterocycles. The fourth-order valence-electron chi connectivity index (χ4n) is 3.19. The van der Waals surface area contributed by atoms with Crippen molar-refractivity contribution in [3.8, 4) is 0 Å². The first kappa shape index (κ1) is 22.1. The van der Waals surface area contributed by atoms with Crippen molar-refractivity contribution in [3.05, 3.63) is 16.1 Å².